The number of fused-ring (bicyclic) bond motifs is 1. The highest BCUT2D eigenvalue weighted by atomic mass is 16.5. The molecule has 1 aromatic heterocycles. The second kappa shape index (κ2) is 7.27. The largest absolute Gasteiger partial charge is 0.380 e. The molecule has 0 bridgehead atoms. The summed E-state index contributed by atoms with van der Waals surface area (Å²) in [6.07, 6.45) is 2.80. The Morgan fingerprint density at radius 2 is 2.10 bits per heavy atom. The van der Waals surface area contributed by atoms with Gasteiger partial charge in [0.05, 0.1) is 13.2 Å². The molecule has 2 rings (SSSR count). The molecule has 3 nitrogen and oxygen atoms in total. The fourth-order valence-corrected chi connectivity index (χ4v) is 2.51. The van der Waals surface area contributed by atoms with E-state index in [1.807, 2.05) is 6.08 Å². The smallest absolute Gasteiger partial charge is 0.0591 e. The molecule has 1 heterocycles. The number of benzene rings is 1. The van der Waals surface area contributed by atoms with E-state index in [4.69, 9.17) is 4.74 Å². The minimum Gasteiger partial charge on any atom is -0.380 e. The van der Waals surface area contributed by atoms with Crippen molar-refractivity contribution in [2.45, 2.75) is 19.9 Å². The number of nitrogens with zero attached hydrogens (tertiary/aromatic N) is 1. The van der Waals surface area contributed by atoms with Crippen LogP contribution in [0, 0.1) is 6.92 Å². The highest BCUT2D eigenvalue weighted by Crippen LogP contribution is 2.23. The number of nitrogens with one attached hydrogen (secondary N) is 1. The molecule has 1 aromatic carbocycles. The first-order valence-electron chi connectivity index (χ1n) is 7.18. The summed E-state index contributed by atoms with van der Waals surface area (Å²) in [4.78, 5) is 0. The number of aromatic nitrogens is 1. The lowest BCUT2D eigenvalue weighted by atomic mass is 10.1. The zero-order valence-electron chi connectivity index (χ0n) is 12.5. The van der Waals surface area contributed by atoms with Gasteiger partial charge in [0, 0.05) is 36.7 Å². The SMILES string of the molecule is C=CCCOCCNCc1c(C)c2ccccc2n1C. The zero-order chi connectivity index (χ0) is 14.4. The van der Waals surface area contributed by atoms with Crippen molar-refractivity contribution in [3.8, 4) is 0 Å². The second-order valence-electron chi connectivity index (χ2n) is 5.01. The highest BCUT2D eigenvalue weighted by molar-refractivity contribution is 5.85. The first kappa shape index (κ1) is 14.8. The fraction of sp³-hybridized carbons (Fsp3) is 0.412. The van der Waals surface area contributed by atoms with Crippen LogP contribution >= 0.6 is 0 Å². The summed E-state index contributed by atoms with van der Waals surface area (Å²) < 4.78 is 7.76. The van der Waals surface area contributed by atoms with E-state index in [1.54, 1.807) is 0 Å². The van der Waals surface area contributed by atoms with Crippen LogP contribution in [0.4, 0.5) is 0 Å². The number of rotatable bonds is 8. The van der Waals surface area contributed by atoms with Crippen molar-refractivity contribution in [2.24, 2.45) is 7.05 Å². The number of hydrogen-bond donors (Lipinski definition) is 1. The van der Waals surface area contributed by atoms with Crippen molar-refractivity contribution < 1.29 is 4.74 Å². The zero-order valence-corrected chi connectivity index (χ0v) is 12.5. The predicted molar refractivity (Wildman–Crippen MR) is 85.0 cm³/mol. The lowest BCUT2D eigenvalue weighted by Crippen LogP contribution is -2.21. The van der Waals surface area contributed by atoms with E-state index in [0.717, 1.165) is 32.7 Å². The third-order valence-corrected chi connectivity index (χ3v) is 3.69. The van der Waals surface area contributed by atoms with E-state index >= 15 is 0 Å². The Balaban J connectivity index is 1.89. The molecule has 108 valence electrons. The summed E-state index contributed by atoms with van der Waals surface area (Å²) in [5.74, 6) is 0. The van der Waals surface area contributed by atoms with Gasteiger partial charge in [0.1, 0.15) is 0 Å². The van der Waals surface area contributed by atoms with Crippen molar-refractivity contribution in [1.29, 1.82) is 0 Å². The Bertz CT molecular complexity index is 533. The predicted octanol–water partition coefficient (Wildman–Crippen LogP) is 3.17. The van der Waals surface area contributed by atoms with E-state index in [2.05, 4.69) is 54.7 Å². The molecular formula is C17H24N2O. The molecule has 20 heavy (non-hydrogen) atoms. The summed E-state index contributed by atoms with van der Waals surface area (Å²) in [6, 6.07) is 8.54. The van der Waals surface area contributed by atoms with Gasteiger partial charge in [-0.25, -0.2) is 0 Å². The lowest BCUT2D eigenvalue weighted by molar-refractivity contribution is 0.140. The maximum Gasteiger partial charge on any atom is 0.0591 e. The Hall–Kier alpha value is -1.58. The molecule has 0 aliphatic heterocycles. The third kappa shape index (κ3) is 3.30. The summed E-state index contributed by atoms with van der Waals surface area (Å²) in [6.45, 7) is 9.13. The van der Waals surface area contributed by atoms with Crippen LogP contribution in [-0.2, 0) is 18.3 Å². The van der Waals surface area contributed by atoms with Gasteiger partial charge in [-0.05, 0) is 25.0 Å². The Labute approximate surface area is 121 Å². The average molecular weight is 272 g/mol. The maximum atomic E-state index is 5.49. The monoisotopic (exact) mass is 272 g/mol. The van der Waals surface area contributed by atoms with E-state index in [1.165, 1.54) is 22.2 Å². The third-order valence-electron chi connectivity index (χ3n) is 3.69. The topological polar surface area (TPSA) is 26.2 Å². The maximum absolute atomic E-state index is 5.49. The van der Waals surface area contributed by atoms with Gasteiger partial charge in [-0.2, -0.15) is 0 Å². The van der Waals surface area contributed by atoms with Crippen LogP contribution in [-0.4, -0.2) is 24.3 Å². The van der Waals surface area contributed by atoms with Crippen molar-refractivity contribution in [1.82, 2.24) is 9.88 Å². The molecule has 0 saturated heterocycles. The summed E-state index contributed by atoms with van der Waals surface area (Å²) in [5, 5.41) is 4.79. The summed E-state index contributed by atoms with van der Waals surface area (Å²) in [7, 11) is 2.13. The van der Waals surface area contributed by atoms with E-state index < -0.39 is 0 Å². The molecule has 0 fully saturated rings. The minimum absolute atomic E-state index is 0.747. The fourth-order valence-electron chi connectivity index (χ4n) is 2.51. The van der Waals surface area contributed by atoms with Gasteiger partial charge in [0.15, 0.2) is 0 Å². The molecule has 2 aromatic rings. The van der Waals surface area contributed by atoms with Crippen molar-refractivity contribution in [3.05, 3.63) is 48.2 Å². The second-order valence-corrected chi connectivity index (χ2v) is 5.01. The van der Waals surface area contributed by atoms with Crippen LogP contribution in [0.2, 0.25) is 0 Å². The van der Waals surface area contributed by atoms with E-state index in [9.17, 15) is 0 Å². The van der Waals surface area contributed by atoms with E-state index in [-0.39, 0.29) is 0 Å². The van der Waals surface area contributed by atoms with Crippen LogP contribution in [0.1, 0.15) is 17.7 Å². The molecule has 0 radical (unpaired) electrons. The van der Waals surface area contributed by atoms with Crippen LogP contribution in [0.3, 0.4) is 0 Å². The molecule has 0 aliphatic rings. The van der Waals surface area contributed by atoms with Crippen LogP contribution in [0.5, 0.6) is 0 Å². The average Bonchev–Trinajstić information content (AvgIpc) is 2.71. The van der Waals surface area contributed by atoms with Gasteiger partial charge < -0.3 is 14.6 Å². The molecule has 0 spiro atoms. The Morgan fingerprint density at radius 1 is 1.30 bits per heavy atom. The quantitative estimate of drug-likeness (QED) is 0.590. The van der Waals surface area contributed by atoms with Crippen molar-refractivity contribution in [2.75, 3.05) is 19.8 Å². The first-order chi connectivity index (χ1) is 9.75. The Kier molecular flexibility index (Phi) is 5.39. The minimum atomic E-state index is 0.747. The Morgan fingerprint density at radius 3 is 2.85 bits per heavy atom. The molecule has 1 N–H and O–H groups in total. The lowest BCUT2D eigenvalue weighted by Gasteiger charge is -2.08. The van der Waals surface area contributed by atoms with Gasteiger partial charge in [-0.3, -0.25) is 0 Å². The standard InChI is InChI=1S/C17H24N2O/c1-4-5-11-20-12-10-18-13-17-14(2)15-8-6-7-9-16(15)19(17)3/h4,6-9,18H,1,5,10-13H2,2-3H3. The van der Waals surface area contributed by atoms with Crippen molar-refractivity contribution in [3.63, 3.8) is 0 Å². The molecular weight excluding hydrogens is 248 g/mol. The normalized spacial score (nSPS) is 11.1. The summed E-state index contributed by atoms with van der Waals surface area (Å²) in [5.41, 5.74) is 4.00. The molecule has 0 atom stereocenters. The first-order valence-corrected chi connectivity index (χ1v) is 7.18. The molecule has 0 saturated carbocycles. The van der Waals surface area contributed by atoms with Crippen LogP contribution in [0.25, 0.3) is 10.9 Å². The van der Waals surface area contributed by atoms with Gasteiger partial charge >= 0.3 is 0 Å². The molecule has 0 aliphatic carbocycles. The van der Waals surface area contributed by atoms with Crippen LogP contribution in [0.15, 0.2) is 36.9 Å². The van der Waals surface area contributed by atoms with Gasteiger partial charge in [0.2, 0.25) is 0 Å². The molecule has 0 unspecified atom stereocenters. The van der Waals surface area contributed by atoms with Crippen molar-refractivity contribution >= 4 is 10.9 Å². The van der Waals surface area contributed by atoms with E-state index in [0.29, 0.717) is 0 Å². The molecule has 3 heteroatoms. The van der Waals surface area contributed by atoms with Gasteiger partial charge in [-0.1, -0.05) is 24.3 Å². The molecule has 0 amide bonds. The number of ether oxygens (including phenoxy) is 1. The number of aryl methyl sites for hydroxylation is 2. The summed E-state index contributed by atoms with van der Waals surface area (Å²) >= 11 is 0. The van der Waals surface area contributed by atoms with Gasteiger partial charge in [-0.15, -0.1) is 6.58 Å². The van der Waals surface area contributed by atoms with Gasteiger partial charge in [0.25, 0.3) is 0 Å². The van der Waals surface area contributed by atoms with Crippen LogP contribution < -0.4 is 5.32 Å². The number of hydrogen-bond acceptors (Lipinski definition) is 2. The highest BCUT2D eigenvalue weighted by Gasteiger charge is 2.10. The number of para-hydroxylation sites is 1.